The zero-order valence-corrected chi connectivity index (χ0v) is 11.8. The van der Waals surface area contributed by atoms with E-state index < -0.39 is 5.97 Å². The molecule has 1 aromatic heterocycles. The number of rotatable bonds is 7. The standard InChI is InChI=1S/C15H17NO3S/c17-10-12-3-1-2-11(6-12)8-16-9-14-5-4-13(20-14)7-15(18)19/h1-6,16-17H,7-10H2,(H,18,19). The van der Waals surface area contributed by atoms with Gasteiger partial charge in [-0.1, -0.05) is 24.3 Å². The van der Waals surface area contributed by atoms with E-state index in [-0.39, 0.29) is 13.0 Å². The highest BCUT2D eigenvalue weighted by atomic mass is 32.1. The molecule has 0 spiro atoms. The number of aliphatic carboxylic acids is 1. The monoisotopic (exact) mass is 291 g/mol. The van der Waals surface area contributed by atoms with Gasteiger partial charge in [-0.05, 0) is 23.3 Å². The van der Waals surface area contributed by atoms with Crippen LogP contribution in [0.5, 0.6) is 0 Å². The number of aliphatic hydroxyl groups is 1. The van der Waals surface area contributed by atoms with Crippen molar-refractivity contribution in [2.24, 2.45) is 0 Å². The topological polar surface area (TPSA) is 69.6 Å². The number of hydrogen-bond donors (Lipinski definition) is 3. The van der Waals surface area contributed by atoms with E-state index in [4.69, 9.17) is 10.2 Å². The van der Waals surface area contributed by atoms with Crippen molar-refractivity contribution in [2.75, 3.05) is 0 Å². The minimum atomic E-state index is -0.799. The van der Waals surface area contributed by atoms with Crippen LogP contribution >= 0.6 is 11.3 Å². The largest absolute Gasteiger partial charge is 0.481 e. The van der Waals surface area contributed by atoms with Crippen molar-refractivity contribution in [1.82, 2.24) is 5.32 Å². The minimum absolute atomic E-state index is 0.0529. The van der Waals surface area contributed by atoms with Crippen LogP contribution in [0.15, 0.2) is 36.4 Å². The smallest absolute Gasteiger partial charge is 0.308 e. The molecule has 20 heavy (non-hydrogen) atoms. The van der Waals surface area contributed by atoms with Crippen LogP contribution in [0.4, 0.5) is 0 Å². The predicted molar refractivity (Wildman–Crippen MR) is 78.6 cm³/mol. The summed E-state index contributed by atoms with van der Waals surface area (Å²) in [4.78, 5) is 12.6. The third-order valence-electron chi connectivity index (χ3n) is 2.85. The molecule has 2 rings (SSSR count). The molecule has 0 bridgehead atoms. The Morgan fingerprint density at radius 3 is 2.60 bits per heavy atom. The van der Waals surface area contributed by atoms with Gasteiger partial charge < -0.3 is 15.5 Å². The number of nitrogens with one attached hydrogen (secondary N) is 1. The third kappa shape index (κ3) is 4.45. The van der Waals surface area contributed by atoms with Gasteiger partial charge in [-0.2, -0.15) is 0 Å². The van der Waals surface area contributed by atoms with Gasteiger partial charge in [0.15, 0.2) is 0 Å². The second-order valence-electron chi connectivity index (χ2n) is 4.52. The van der Waals surface area contributed by atoms with Crippen LogP contribution in [-0.4, -0.2) is 16.2 Å². The Morgan fingerprint density at radius 1 is 1.10 bits per heavy atom. The van der Waals surface area contributed by atoms with E-state index in [9.17, 15) is 4.79 Å². The number of hydrogen-bond acceptors (Lipinski definition) is 4. The van der Waals surface area contributed by atoms with E-state index in [1.807, 2.05) is 36.4 Å². The molecular weight excluding hydrogens is 274 g/mol. The third-order valence-corrected chi connectivity index (χ3v) is 3.93. The average molecular weight is 291 g/mol. The van der Waals surface area contributed by atoms with Crippen molar-refractivity contribution < 1.29 is 15.0 Å². The predicted octanol–water partition coefficient (Wildman–Crippen LogP) is 2.16. The van der Waals surface area contributed by atoms with Gasteiger partial charge in [0.25, 0.3) is 0 Å². The minimum Gasteiger partial charge on any atom is -0.481 e. The fraction of sp³-hybridized carbons (Fsp3) is 0.267. The molecule has 5 heteroatoms. The van der Waals surface area contributed by atoms with Gasteiger partial charge in [-0.25, -0.2) is 0 Å². The lowest BCUT2D eigenvalue weighted by molar-refractivity contribution is -0.136. The summed E-state index contributed by atoms with van der Waals surface area (Å²) in [6, 6.07) is 11.6. The second kappa shape index (κ2) is 7.19. The summed E-state index contributed by atoms with van der Waals surface area (Å²) in [5.41, 5.74) is 2.03. The highest BCUT2D eigenvalue weighted by Crippen LogP contribution is 2.17. The molecule has 0 aliphatic heterocycles. The number of carbonyl (C=O) groups is 1. The Kier molecular flexibility index (Phi) is 5.29. The second-order valence-corrected chi connectivity index (χ2v) is 5.77. The Hall–Kier alpha value is -1.69. The first-order chi connectivity index (χ1) is 9.67. The molecule has 3 N–H and O–H groups in total. The van der Waals surface area contributed by atoms with Crippen molar-refractivity contribution in [3.8, 4) is 0 Å². The summed E-state index contributed by atoms with van der Waals surface area (Å²) in [7, 11) is 0. The van der Waals surface area contributed by atoms with Crippen LogP contribution in [0.1, 0.15) is 20.9 Å². The molecule has 0 atom stereocenters. The van der Waals surface area contributed by atoms with Crippen LogP contribution in [-0.2, 0) is 30.9 Å². The Morgan fingerprint density at radius 2 is 1.85 bits per heavy atom. The van der Waals surface area contributed by atoms with Gasteiger partial charge in [-0.15, -0.1) is 11.3 Å². The molecule has 1 heterocycles. The zero-order valence-electron chi connectivity index (χ0n) is 11.0. The van der Waals surface area contributed by atoms with Crippen molar-refractivity contribution >= 4 is 17.3 Å². The summed E-state index contributed by atoms with van der Waals surface area (Å²) < 4.78 is 0. The first-order valence-electron chi connectivity index (χ1n) is 6.36. The lowest BCUT2D eigenvalue weighted by Gasteiger charge is -2.05. The van der Waals surface area contributed by atoms with Gasteiger partial charge in [0.2, 0.25) is 0 Å². The molecule has 2 aromatic rings. The highest BCUT2D eigenvalue weighted by molar-refractivity contribution is 7.12. The molecule has 0 aliphatic rings. The van der Waals surface area contributed by atoms with E-state index in [2.05, 4.69) is 5.32 Å². The number of benzene rings is 1. The van der Waals surface area contributed by atoms with Gasteiger partial charge in [0.05, 0.1) is 13.0 Å². The lowest BCUT2D eigenvalue weighted by atomic mass is 10.1. The van der Waals surface area contributed by atoms with Crippen molar-refractivity contribution in [3.63, 3.8) is 0 Å². The normalized spacial score (nSPS) is 10.7. The number of aliphatic hydroxyl groups excluding tert-OH is 1. The number of thiophene rings is 1. The molecule has 1 aromatic carbocycles. The van der Waals surface area contributed by atoms with Gasteiger partial charge in [0.1, 0.15) is 0 Å². The quantitative estimate of drug-likeness (QED) is 0.731. The molecule has 0 radical (unpaired) electrons. The summed E-state index contributed by atoms with van der Waals surface area (Å²) in [5, 5.41) is 21.1. The van der Waals surface area contributed by atoms with Crippen LogP contribution in [0.2, 0.25) is 0 Å². The molecule has 106 valence electrons. The van der Waals surface area contributed by atoms with Gasteiger partial charge in [-0.3, -0.25) is 4.79 Å². The SMILES string of the molecule is O=C(O)Cc1ccc(CNCc2cccc(CO)c2)s1. The van der Waals surface area contributed by atoms with Gasteiger partial charge >= 0.3 is 5.97 Å². The number of carboxylic acid groups (broad SMARTS) is 1. The Balaban J connectivity index is 1.83. The number of carboxylic acids is 1. The van der Waals surface area contributed by atoms with Crippen LogP contribution in [0, 0.1) is 0 Å². The van der Waals surface area contributed by atoms with Crippen molar-refractivity contribution in [1.29, 1.82) is 0 Å². The molecule has 4 nitrogen and oxygen atoms in total. The lowest BCUT2D eigenvalue weighted by Crippen LogP contribution is -2.11. The maximum Gasteiger partial charge on any atom is 0.308 e. The van der Waals surface area contributed by atoms with E-state index >= 15 is 0 Å². The molecule has 0 unspecified atom stereocenters. The fourth-order valence-electron chi connectivity index (χ4n) is 1.93. The Bertz CT molecular complexity index is 580. The van der Waals surface area contributed by atoms with E-state index in [0.29, 0.717) is 6.54 Å². The maximum atomic E-state index is 10.6. The van der Waals surface area contributed by atoms with Crippen LogP contribution in [0.25, 0.3) is 0 Å². The summed E-state index contributed by atoms with van der Waals surface area (Å²) >= 11 is 1.52. The maximum absolute atomic E-state index is 10.6. The molecule has 0 amide bonds. The van der Waals surface area contributed by atoms with E-state index in [0.717, 1.165) is 27.4 Å². The Labute approximate surface area is 121 Å². The van der Waals surface area contributed by atoms with Crippen molar-refractivity contribution in [2.45, 2.75) is 26.1 Å². The summed E-state index contributed by atoms with van der Waals surface area (Å²) in [6.45, 7) is 1.49. The fourth-order valence-corrected chi connectivity index (χ4v) is 2.91. The molecule has 0 fully saturated rings. The van der Waals surface area contributed by atoms with Crippen LogP contribution in [0.3, 0.4) is 0 Å². The average Bonchev–Trinajstić information content (AvgIpc) is 2.86. The highest BCUT2D eigenvalue weighted by Gasteiger charge is 2.04. The first-order valence-corrected chi connectivity index (χ1v) is 7.18. The van der Waals surface area contributed by atoms with E-state index in [1.54, 1.807) is 0 Å². The summed E-state index contributed by atoms with van der Waals surface area (Å²) in [5.74, 6) is -0.799. The molecule has 0 aliphatic carbocycles. The van der Waals surface area contributed by atoms with E-state index in [1.165, 1.54) is 11.3 Å². The molecular formula is C15H17NO3S. The summed E-state index contributed by atoms with van der Waals surface area (Å²) in [6.07, 6.45) is 0.0865. The molecule has 0 saturated heterocycles. The van der Waals surface area contributed by atoms with Crippen molar-refractivity contribution in [3.05, 3.63) is 57.3 Å². The van der Waals surface area contributed by atoms with Gasteiger partial charge in [0, 0.05) is 22.8 Å². The molecule has 0 saturated carbocycles. The first kappa shape index (κ1) is 14.7. The zero-order chi connectivity index (χ0) is 14.4. The van der Waals surface area contributed by atoms with Crippen LogP contribution < -0.4 is 5.32 Å².